The first kappa shape index (κ1) is 16.8. The van der Waals surface area contributed by atoms with Crippen molar-refractivity contribution < 1.29 is 13.2 Å². The summed E-state index contributed by atoms with van der Waals surface area (Å²) in [5.41, 5.74) is -0.465. The lowest BCUT2D eigenvalue weighted by atomic mass is 10.0. The van der Waals surface area contributed by atoms with E-state index in [-0.39, 0.29) is 0 Å². The molecule has 19 heavy (non-hydrogen) atoms. The van der Waals surface area contributed by atoms with Gasteiger partial charge in [-0.25, -0.2) is 0 Å². The molecule has 0 aromatic carbocycles. The van der Waals surface area contributed by atoms with Crippen LogP contribution in [0.3, 0.4) is 0 Å². The summed E-state index contributed by atoms with van der Waals surface area (Å²) in [5, 5.41) is 3.26. The Morgan fingerprint density at radius 2 is 2.11 bits per heavy atom. The lowest BCUT2D eigenvalue weighted by molar-refractivity contribution is 0.177. The van der Waals surface area contributed by atoms with Crippen LogP contribution in [0.25, 0.3) is 0 Å². The third kappa shape index (κ3) is 5.74. The van der Waals surface area contributed by atoms with E-state index in [2.05, 4.69) is 17.0 Å². The van der Waals surface area contributed by atoms with Gasteiger partial charge in [-0.1, -0.05) is 6.92 Å². The molecular formula is C12H27N3O3S. The second kappa shape index (κ2) is 7.54. The van der Waals surface area contributed by atoms with E-state index < -0.39 is 15.7 Å². The summed E-state index contributed by atoms with van der Waals surface area (Å²) in [7, 11) is -1.81. The molecule has 0 radical (unpaired) electrons. The largest absolute Gasteiger partial charge is 0.379 e. The van der Waals surface area contributed by atoms with Crippen LogP contribution in [0.1, 0.15) is 33.1 Å². The minimum Gasteiger partial charge on any atom is -0.379 e. The van der Waals surface area contributed by atoms with Crippen molar-refractivity contribution in [3.8, 4) is 0 Å². The summed E-state index contributed by atoms with van der Waals surface area (Å²) >= 11 is 0. The van der Waals surface area contributed by atoms with Gasteiger partial charge in [0, 0.05) is 20.2 Å². The Morgan fingerprint density at radius 3 is 2.68 bits per heavy atom. The molecule has 7 heteroatoms. The van der Waals surface area contributed by atoms with Crippen molar-refractivity contribution in [3.63, 3.8) is 0 Å². The van der Waals surface area contributed by atoms with Crippen molar-refractivity contribution in [3.05, 3.63) is 0 Å². The van der Waals surface area contributed by atoms with Crippen LogP contribution in [0.2, 0.25) is 0 Å². The van der Waals surface area contributed by atoms with Gasteiger partial charge in [-0.15, -0.1) is 0 Å². The predicted octanol–water partition coefficient (Wildman–Crippen LogP) is 0.321. The van der Waals surface area contributed by atoms with E-state index in [4.69, 9.17) is 4.74 Å². The smallest absolute Gasteiger partial charge is 0.279 e. The van der Waals surface area contributed by atoms with Gasteiger partial charge in [0.1, 0.15) is 0 Å². The van der Waals surface area contributed by atoms with Gasteiger partial charge < -0.3 is 10.1 Å². The molecule has 6 nitrogen and oxygen atoms in total. The Labute approximate surface area is 117 Å². The van der Waals surface area contributed by atoms with Crippen LogP contribution in [0.5, 0.6) is 0 Å². The van der Waals surface area contributed by atoms with Gasteiger partial charge in [0.15, 0.2) is 0 Å². The van der Waals surface area contributed by atoms with Crippen molar-refractivity contribution in [2.45, 2.75) is 38.6 Å². The zero-order valence-electron chi connectivity index (χ0n) is 12.2. The lowest BCUT2D eigenvalue weighted by Crippen LogP contribution is -2.51. The maximum atomic E-state index is 12.2. The zero-order chi connectivity index (χ0) is 14.4. The van der Waals surface area contributed by atoms with Crippen LogP contribution in [-0.2, 0) is 14.9 Å². The third-order valence-corrected chi connectivity index (χ3v) is 5.01. The second-order valence-corrected chi connectivity index (χ2v) is 7.17. The van der Waals surface area contributed by atoms with Gasteiger partial charge in [0.2, 0.25) is 0 Å². The Morgan fingerprint density at radius 1 is 1.37 bits per heavy atom. The topological polar surface area (TPSA) is 70.7 Å². The van der Waals surface area contributed by atoms with Crippen molar-refractivity contribution in [2.24, 2.45) is 0 Å². The SMILES string of the molecule is CCCNCCCN(C)S(=O)(=O)NC1(C)CCOC1. The van der Waals surface area contributed by atoms with E-state index in [1.54, 1.807) is 7.05 Å². The van der Waals surface area contributed by atoms with E-state index in [1.807, 2.05) is 6.92 Å². The molecule has 0 aromatic heterocycles. The summed E-state index contributed by atoms with van der Waals surface area (Å²) in [4.78, 5) is 0. The van der Waals surface area contributed by atoms with E-state index in [9.17, 15) is 8.42 Å². The first-order chi connectivity index (χ1) is 8.90. The van der Waals surface area contributed by atoms with Gasteiger partial charge in [-0.3, -0.25) is 0 Å². The van der Waals surface area contributed by atoms with Gasteiger partial charge >= 0.3 is 0 Å². The number of hydrogen-bond donors (Lipinski definition) is 2. The first-order valence-corrected chi connectivity index (χ1v) is 8.37. The highest BCUT2D eigenvalue weighted by molar-refractivity contribution is 7.87. The lowest BCUT2D eigenvalue weighted by Gasteiger charge is -2.27. The van der Waals surface area contributed by atoms with E-state index in [0.717, 1.165) is 32.4 Å². The molecule has 0 aliphatic carbocycles. The maximum Gasteiger partial charge on any atom is 0.279 e. The maximum absolute atomic E-state index is 12.2. The Bertz CT molecular complexity index is 353. The highest BCUT2D eigenvalue weighted by atomic mass is 32.2. The first-order valence-electron chi connectivity index (χ1n) is 6.93. The second-order valence-electron chi connectivity index (χ2n) is 5.40. The van der Waals surface area contributed by atoms with Crippen molar-refractivity contribution in [1.29, 1.82) is 0 Å². The van der Waals surface area contributed by atoms with Gasteiger partial charge in [0.25, 0.3) is 10.2 Å². The summed E-state index contributed by atoms with van der Waals surface area (Å²) < 4.78 is 33.7. The molecule has 1 saturated heterocycles. The molecule has 1 fully saturated rings. The summed E-state index contributed by atoms with van der Waals surface area (Å²) in [5.74, 6) is 0. The fourth-order valence-electron chi connectivity index (χ4n) is 1.99. The van der Waals surface area contributed by atoms with Crippen LogP contribution in [0.4, 0.5) is 0 Å². The molecule has 1 unspecified atom stereocenters. The van der Waals surface area contributed by atoms with Crippen molar-refractivity contribution in [1.82, 2.24) is 14.3 Å². The molecular weight excluding hydrogens is 266 g/mol. The normalized spacial score (nSPS) is 24.2. The predicted molar refractivity (Wildman–Crippen MR) is 76.3 cm³/mol. The van der Waals surface area contributed by atoms with Crippen LogP contribution in [0, 0.1) is 0 Å². The van der Waals surface area contributed by atoms with Crippen LogP contribution < -0.4 is 10.0 Å². The monoisotopic (exact) mass is 293 g/mol. The average molecular weight is 293 g/mol. The van der Waals surface area contributed by atoms with Gasteiger partial charge in [0.05, 0.1) is 12.1 Å². The molecule has 114 valence electrons. The molecule has 1 rings (SSSR count). The zero-order valence-corrected chi connectivity index (χ0v) is 13.1. The Hall–Kier alpha value is -0.210. The quantitative estimate of drug-likeness (QED) is 0.601. The molecule has 1 aliphatic heterocycles. The van der Waals surface area contributed by atoms with E-state index >= 15 is 0 Å². The molecule has 1 heterocycles. The Balaban J connectivity index is 2.34. The fourth-order valence-corrected chi connectivity index (χ4v) is 3.29. The molecule has 1 atom stereocenters. The molecule has 0 bridgehead atoms. The third-order valence-electron chi connectivity index (χ3n) is 3.26. The molecule has 0 aromatic rings. The summed E-state index contributed by atoms with van der Waals surface area (Å²) in [6, 6.07) is 0. The van der Waals surface area contributed by atoms with Gasteiger partial charge in [-0.05, 0) is 39.3 Å². The molecule has 0 saturated carbocycles. The number of ether oxygens (including phenoxy) is 1. The molecule has 0 spiro atoms. The van der Waals surface area contributed by atoms with Crippen LogP contribution >= 0.6 is 0 Å². The van der Waals surface area contributed by atoms with E-state index in [1.165, 1.54) is 4.31 Å². The number of rotatable bonds is 9. The van der Waals surface area contributed by atoms with Crippen LogP contribution in [-0.4, -0.2) is 58.2 Å². The van der Waals surface area contributed by atoms with Crippen LogP contribution in [0.15, 0.2) is 0 Å². The number of nitrogens with one attached hydrogen (secondary N) is 2. The average Bonchev–Trinajstić information content (AvgIpc) is 2.74. The summed E-state index contributed by atoms with van der Waals surface area (Å²) in [6.07, 6.45) is 2.62. The van der Waals surface area contributed by atoms with Crippen molar-refractivity contribution in [2.75, 3.05) is 39.9 Å². The van der Waals surface area contributed by atoms with Gasteiger partial charge in [-0.2, -0.15) is 17.4 Å². The molecule has 1 aliphatic rings. The highest BCUT2D eigenvalue weighted by Gasteiger charge is 2.35. The number of hydrogen-bond acceptors (Lipinski definition) is 4. The molecule has 0 amide bonds. The van der Waals surface area contributed by atoms with E-state index in [0.29, 0.717) is 19.8 Å². The Kier molecular flexibility index (Phi) is 6.68. The number of nitrogens with zero attached hydrogens (tertiary/aromatic N) is 1. The minimum absolute atomic E-state index is 0.443. The van der Waals surface area contributed by atoms with Crippen molar-refractivity contribution >= 4 is 10.2 Å². The highest BCUT2D eigenvalue weighted by Crippen LogP contribution is 2.19. The minimum atomic E-state index is -3.42. The molecule has 2 N–H and O–H groups in total. The summed E-state index contributed by atoms with van der Waals surface area (Å²) in [6.45, 7) is 7.38. The fraction of sp³-hybridized carbons (Fsp3) is 1.00. The standard InChI is InChI=1S/C12H27N3O3S/c1-4-7-13-8-5-9-15(3)19(16,17)14-12(2)6-10-18-11-12/h13-14H,4-11H2,1-3H3.